The van der Waals surface area contributed by atoms with Crippen molar-refractivity contribution in [2.24, 2.45) is 0 Å². The fraction of sp³-hybridized carbons (Fsp3) is 0.417. The van der Waals surface area contributed by atoms with Crippen molar-refractivity contribution in [3.8, 4) is 0 Å². The third kappa shape index (κ3) is 2.51. The predicted molar refractivity (Wildman–Crippen MR) is 61.1 cm³/mol. The summed E-state index contributed by atoms with van der Waals surface area (Å²) in [5, 5.41) is 11.8. The van der Waals surface area contributed by atoms with Gasteiger partial charge in [-0.2, -0.15) is 0 Å². The van der Waals surface area contributed by atoms with E-state index in [0.29, 0.717) is 6.42 Å². The zero-order chi connectivity index (χ0) is 12.3. The molecule has 0 saturated heterocycles. The molecule has 0 fully saturated rings. The number of carboxylic acid groups (broad SMARTS) is 1. The highest BCUT2D eigenvalue weighted by molar-refractivity contribution is 5.82. The first kappa shape index (κ1) is 12.5. The number of benzene rings is 1. The first-order valence-corrected chi connectivity index (χ1v) is 5.17. The molecule has 88 valence electrons. The molecule has 16 heavy (non-hydrogen) atoms. The molecule has 0 saturated carbocycles. The number of carbonyl (C=O) groups is 1. The fourth-order valence-electron chi connectivity index (χ4n) is 1.31. The number of anilines is 1. The Labute approximate surface area is 94.3 Å². The summed E-state index contributed by atoms with van der Waals surface area (Å²) in [6.07, 6.45) is 0.371. The minimum absolute atomic E-state index is 0.220. The molecule has 4 heteroatoms. The van der Waals surface area contributed by atoms with Gasteiger partial charge in [0, 0.05) is 0 Å². The largest absolute Gasteiger partial charge is 0.480 e. The van der Waals surface area contributed by atoms with Gasteiger partial charge in [-0.1, -0.05) is 13.0 Å². The zero-order valence-electron chi connectivity index (χ0n) is 9.67. The molecule has 1 aromatic rings. The molecule has 0 bridgehead atoms. The van der Waals surface area contributed by atoms with E-state index in [9.17, 15) is 9.18 Å². The van der Waals surface area contributed by atoms with Gasteiger partial charge >= 0.3 is 5.97 Å². The Kier molecular flexibility index (Phi) is 3.52. The van der Waals surface area contributed by atoms with E-state index in [0.717, 1.165) is 5.56 Å². The Bertz CT molecular complexity index is 406. The van der Waals surface area contributed by atoms with Crippen LogP contribution in [0.5, 0.6) is 0 Å². The second-order valence-electron chi connectivity index (χ2n) is 4.10. The van der Waals surface area contributed by atoms with Crippen LogP contribution in [0.25, 0.3) is 0 Å². The first-order chi connectivity index (χ1) is 7.39. The van der Waals surface area contributed by atoms with Gasteiger partial charge < -0.3 is 10.4 Å². The van der Waals surface area contributed by atoms with Crippen LogP contribution in [0, 0.1) is 12.7 Å². The Hall–Kier alpha value is -1.58. The molecule has 1 rings (SSSR count). The van der Waals surface area contributed by atoms with E-state index >= 15 is 0 Å². The van der Waals surface area contributed by atoms with Crippen molar-refractivity contribution in [1.29, 1.82) is 0 Å². The lowest BCUT2D eigenvalue weighted by Gasteiger charge is -2.26. The smallest absolute Gasteiger partial charge is 0.329 e. The van der Waals surface area contributed by atoms with Crippen molar-refractivity contribution in [2.75, 3.05) is 5.32 Å². The Morgan fingerprint density at radius 2 is 2.19 bits per heavy atom. The summed E-state index contributed by atoms with van der Waals surface area (Å²) in [6, 6.07) is 4.67. The van der Waals surface area contributed by atoms with Gasteiger partial charge in [0.1, 0.15) is 11.4 Å². The van der Waals surface area contributed by atoms with Crippen LogP contribution >= 0.6 is 0 Å². The van der Waals surface area contributed by atoms with Crippen LogP contribution in [0.15, 0.2) is 18.2 Å². The zero-order valence-corrected chi connectivity index (χ0v) is 9.67. The Morgan fingerprint density at radius 3 is 2.62 bits per heavy atom. The molecule has 0 aliphatic heterocycles. The van der Waals surface area contributed by atoms with Crippen LogP contribution in [0.4, 0.5) is 10.1 Å². The first-order valence-electron chi connectivity index (χ1n) is 5.17. The van der Waals surface area contributed by atoms with Crippen LogP contribution in [-0.4, -0.2) is 16.6 Å². The van der Waals surface area contributed by atoms with Crippen molar-refractivity contribution in [3.05, 3.63) is 29.6 Å². The molecule has 0 heterocycles. The number of rotatable bonds is 4. The van der Waals surface area contributed by atoms with Crippen LogP contribution in [0.1, 0.15) is 25.8 Å². The number of aliphatic carboxylic acids is 1. The van der Waals surface area contributed by atoms with Crippen molar-refractivity contribution in [1.82, 2.24) is 0 Å². The van der Waals surface area contributed by atoms with E-state index in [1.165, 1.54) is 13.0 Å². The molecule has 1 aromatic carbocycles. The predicted octanol–water partition coefficient (Wildman–Crippen LogP) is 2.80. The van der Waals surface area contributed by atoms with Crippen LogP contribution < -0.4 is 5.32 Å². The van der Waals surface area contributed by atoms with Gasteiger partial charge in [0.2, 0.25) is 0 Å². The molecule has 0 aliphatic rings. The van der Waals surface area contributed by atoms with Crippen LogP contribution in [0.3, 0.4) is 0 Å². The average molecular weight is 225 g/mol. The molecule has 2 N–H and O–H groups in total. The lowest BCUT2D eigenvalue weighted by molar-refractivity contribution is -0.141. The summed E-state index contributed by atoms with van der Waals surface area (Å²) in [5.74, 6) is -1.42. The van der Waals surface area contributed by atoms with Gasteiger partial charge in [0.05, 0.1) is 5.69 Å². The van der Waals surface area contributed by atoms with E-state index in [4.69, 9.17) is 5.11 Å². The molecule has 1 atom stereocenters. The van der Waals surface area contributed by atoms with Gasteiger partial charge in [-0.25, -0.2) is 9.18 Å². The van der Waals surface area contributed by atoms with Gasteiger partial charge in [0.25, 0.3) is 0 Å². The Balaban J connectivity index is 2.99. The topological polar surface area (TPSA) is 49.3 Å². The summed E-state index contributed by atoms with van der Waals surface area (Å²) >= 11 is 0. The lowest BCUT2D eigenvalue weighted by Crippen LogP contribution is -2.42. The summed E-state index contributed by atoms with van der Waals surface area (Å²) in [6.45, 7) is 5.06. The normalized spacial score (nSPS) is 14.2. The number of aryl methyl sites for hydroxylation is 1. The maximum Gasteiger partial charge on any atom is 0.329 e. The molecular formula is C12H16FNO2. The maximum atomic E-state index is 13.5. The standard InChI is InChI=1S/C12H16FNO2/c1-4-12(3,11(15)16)14-10-6-5-8(2)7-9(10)13/h5-7,14H,4H2,1-3H3,(H,15,16). The molecule has 1 unspecified atom stereocenters. The van der Waals surface area contributed by atoms with Gasteiger partial charge in [-0.05, 0) is 38.0 Å². The van der Waals surface area contributed by atoms with E-state index in [2.05, 4.69) is 5.32 Å². The second-order valence-corrected chi connectivity index (χ2v) is 4.10. The molecule has 0 aliphatic carbocycles. The molecule has 0 radical (unpaired) electrons. The minimum Gasteiger partial charge on any atom is -0.480 e. The van der Waals surface area contributed by atoms with E-state index in [1.54, 1.807) is 26.0 Å². The summed E-state index contributed by atoms with van der Waals surface area (Å²) < 4.78 is 13.5. The van der Waals surface area contributed by atoms with Crippen molar-refractivity contribution in [3.63, 3.8) is 0 Å². The maximum absolute atomic E-state index is 13.5. The SMILES string of the molecule is CCC(C)(Nc1ccc(C)cc1F)C(=O)O. The second kappa shape index (κ2) is 4.51. The third-order valence-corrected chi connectivity index (χ3v) is 2.71. The Morgan fingerprint density at radius 1 is 1.56 bits per heavy atom. The van der Waals surface area contributed by atoms with E-state index in [1.807, 2.05) is 0 Å². The summed E-state index contributed by atoms with van der Waals surface area (Å²) in [5.41, 5.74) is -0.121. The van der Waals surface area contributed by atoms with Crippen molar-refractivity contribution >= 4 is 11.7 Å². The van der Waals surface area contributed by atoms with E-state index < -0.39 is 17.3 Å². The minimum atomic E-state index is -1.14. The number of halogens is 1. The molecule has 0 aromatic heterocycles. The van der Waals surface area contributed by atoms with Crippen LogP contribution in [-0.2, 0) is 4.79 Å². The summed E-state index contributed by atoms with van der Waals surface area (Å²) in [4.78, 5) is 11.0. The number of hydrogen-bond acceptors (Lipinski definition) is 2. The third-order valence-electron chi connectivity index (χ3n) is 2.71. The van der Waals surface area contributed by atoms with Gasteiger partial charge in [-0.15, -0.1) is 0 Å². The average Bonchev–Trinajstić information content (AvgIpc) is 2.22. The van der Waals surface area contributed by atoms with Gasteiger partial charge in [-0.3, -0.25) is 0 Å². The quantitative estimate of drug-likeness (QED) is 0.828. The monoisotopic (exact) mass is 225 g/mol. The number of carboxylic acids is 1. The lowest BCUT2D eigenvalue weighted by atomic mass is 9.98. The van der Waals surface area contributed by atoms with Crippen molar-refractivity contribution in [2.45, 2.75) is 32.7 Å². The highest BCUT2D eigenvalue weighted by Crippen LogP contribution is 2.22. The van der Waals surface area contributed by atoms with Crippen LogP contribution in [0.2, 0.25) is 0 Å². The molecule has 3 nitrogen and oxygen atoms in total. The number of nitrogens with one attached hydrogen (secondary N) is 1. The van der Waals surface area contributed by atoms with Crippen molar-refractivity contribution < 1.29 is 14.3 Å². The van der Waals surface area contributed by atoms with E-state index in [-0.39, 0.29) is 5.69 Å². The molecular weight excluding hydrogens is 209 g/mol. The summed E-state index contributed by atoms with van der Waals surface area (Å²) in [7, 11) is 0. The number of hydrogen-bond donors (Lipinski definition) is 2. The molecule has 0 spiro atoms. The fourth-order valence-corrected chi connectivity index (χ4v) is 1.31. The van der Waals surface area contributed by atoms with Gasteiger partial charge in [0.15, 0.2) is 0 Å². The highest BCUT2D eigenvalue weighted by Gasteiger charge is 2.31. The highest BCUT2D eigenvalue weighted by atomic mass is 19.1. The molecule has 0 amide bonds.